The Morgan fingerprint density at radius 2 is 2.12 bits per heavy atom. The van der Waals surface area contributed by atoms with E-state index < -0.39 is 0 Å². The number of anilines is 1. The molecule has 1 unspecified atom stereocenters. The lowest BCUT2D eigenvalue weighted by Crippen LogP contribution is -2.42. The molecule has 5 rings (SSSR count). The number of hydrogen-bond donors (Lipinski definition) is 2. The van der Waals surface area contributed by atoms with Gasteiger partial charge in [0, 0.05) is 49.8 Å². The average Bonchev–Trinajstić information content (AvgIpc) is 3.59. The first kappa shape index (κ1) is 21.1. The van der Waals surface area contributed by atoms with Crippen molar-refractivity contribution >= 4 is 23.2 Å². The molecule has 2 N–H and O–H groups in total. The van der Waals surface area contributed by atoms with Gasteiger partial charge in [-0.2, -0.15) is 5.10 Å². The minimum atomic E-state index is -0.197. The molecule has 1 aromatic carbocycles. The first-order valence-electron chi connectivity index (χ1n) is 11.1. The van der Waals surface area contributed by atoms with Crippen molar-refractivity contribution in [2.75, 3.05) is 38.7 Å². The van der Waals surface area contributed by atoms with Crippen LogP contribution in [0.2, 0.25) is 0 Å². The Morgan fingerprint density at radius 1 is 1.25 bits per heavy atom. The van der Waals surface area contributed by atoms with Gasteiger partial charge in [0.25, 0.3) is 0 Å². The van der Waals surface area contributed by atoms with Crippen LogP contribution < -0.4 is 10.6 Å². The Bertz CT molecular complexity index is 1050. The zero-order chi connectivity index (χ0) is 21.9. The number of methoxy groups -OCH3 is 1. The van der Waals surface area contributed by atoms with E-state index in [4.69, 9.17) is 9.84 Å². The minimum absolute atomic E-state index is 0.0147. The molecule has 1 aliphatic carbocycles. The highest BCUT2D eigenvalue weighted by Gasteiger charge is 2.36. The zero-order valence-electron chi connectivity index (χ0n) is 18.2. The second-order valence-corrected chi connectivity index (χ2v) is 9.24. The number of urea groups is 1. The van der Waals surface area contributed by atoms with Crippen LogP contribution in [-0.2, 0) is 17.6 Å². The number of benzene rings is 1. The van der Waals surface area contributed by atoms with Crippen molar-refractivity contribution in [1.82, 2.24) is 25.0 Å². The summed E-state index contributed by atoms with van der Waals surface area (Å²) in [6.07, 6.45) is 4.80. The zero-order valence-corrected chi connectivity index (χ0v) is 19.0. The van der Waals surface area contributed by atoms with E-state index >= 15 is 0 Å². The second-order valence-electron chi connectivity index (χ2n) is 8.31. The van der Waals surface area contributed by atoms with Gasteiger partial charge in [0.05, 0.1) is 29.0 Å². The number of ether oxygens (including phenoxy) is 1. The van der Waals surface area contributed by atoms with Gasteiger partial charge in [-0.25, -0.2) is 14.5 Å². The molecule has 2 amide bonds. The maximum atomic E-state index is 13.2. The van der Waals surface area contributed by atoms with Crippen molar-refractivity contribution in [2.24, 2.45) is 0 Å². The molecule has 0 saturated carbocycles. The molecule has 8 nitrogen and oxygen atoms in total. The van der Waals surface area contributed by atoms with Crippen LogP contribution in [0.25, 0.3) is 5.69 Å². The summed E-state index contributed by atoms with van der Waals surface area (Å²) < 4.78 is 7.11. The molecule has 0 radical (unpaired) electrons. The van der Waals surface area contributed by atoms with Crippen LogP contribution in [-0.4, -0.2) is 65.1 Å². The lowest BCUT2D eigenvalue weighted by atomic mass is 10.1. The van der Waals surface area contributed by atoms with Gasteiger partial charge in [0.15, 0.2) is 0 Å². The minimum Gasteiger partial charge on any atom is -0.383 e. The number of aromatic nitrogens is 3. The summed E-state index contributed by atoms with van der Waals surface area (Å²) in [5.74, 6) is 0.948. The van der Waals surface area contributed by atoms with E-state index in [1.54, 1.807) is 18.4 Å². The Labute approximate surface area is 191 Å². The number of carbonyl (C=O) groups excluding carboxylic acids is 1. The topological polar surface area (TPSA) is 84.3 Å². The summed E-state index contributed by atoms with van der Waals surface area (Å²) in [6, 6.07) is 9.75. The van der Waals surface area contributed by atoms with Crippen LogP contribution in [0.5, 0.6) is 0 Å². The van der Waals surface area contributed by atoms with Crippen molar-refractivity contribution in [3.8, 4) is 5.69 Å². The standard InChI is InChI=1S/C23H28N6O2S/c1-31-12-11-28-14-18(22-24-10-13-32-22)20(15-28)25-23(30)26-21-17-8-5-9-19(17)27-29(21)16-6-3-2-4-7-16/h2-4,6-7,10,13,18,20H,5,8-9,11-12,14-15H2,1H3,(H2,25,26,30)/t18?,20-/m1/s1. The number of nitrogens with one attached hydrogen (secondary N) is 2. The van der Waals surface area contributed by atoms with Crippen LogP contribution in [0.4, 0.5) is 10.6 Å². The van der Waals surface area contributed by atoms with E-state index in [9.17, 15) is 4.79 Å². The van der Waals surface area contributed by atoms with E-state index in [-0.39, 0.29) is 18.0 Å². The van der Waals surface area contributed by atoms with Crippen LogP contribution in [0.15, 0.2) is 41.9 Å². The van der Waals surface area contributed by atoms with Crippen molar-refractivity contribution in [1.29, 1.82) is 0 Å². The number of amides is 2. The molecule has 32 heavy (non-hydrogen) atoms. The van der Waals surface area contributed by atoms with E-state index in [1.807, 2.05) is 46.6 Å². The number of rotatable bonds is 7. The molecule has 0 bridgehead atoms. The summed E-state index contributed by atoms with van der Waals surface area (Å²) >= 11 is 1.64. The van der Waals surface area contributed by atoms with Crippen LogP contribution >= 0.6 is 11.3 Å². The summed E-state index contributed by atoms with van der Waals surface area (Å²) in [7, 11) is 1.71. The highest BCUT2D eigenvalue weighted by atomic mass is 32.1. The Balaban J connectivity index is 1.34. The third kappa shape index (κ3) is 4.28. The van der Waals surface area contributed by atoms with Crippen molar-refractivity contribution in [2.45, 2.75) is 31.2 Å². The van der Waals surface area contributed by atoms with Gasteiger partial charge in [0.2, 0.25) is 0 Å². The monoisotopic (exact) mass is 452 g/mol. The van der Waals surface area contributed by atoms with Gasteiger partial charge in [-0.05, 0) is 31.4 Å². The number of para-hydroxylation sites is 1. The first-order valence-corrected chi connectivity index (χ1v) is 12.0. The number of carbonyl (C=O) groups is 1. The molecule has 1 aliphatic heterocycles. The summed E-state index contributed by atoms with van der Waals surface area (Å²) in [5, 5.41) is 14.2. The molecule has 1 fully saturated rings. The number of thiazole rings is 1. The molecule has 0 spiro atoms. The smallest absolute Gasteiger partial charge is 0.320 e. The van der Waals surface area contributed by atoms with E-state index in [2.05, 4.69) is 20.5 Å². The van der Waals surface area contributed by atoms with Gasteiger partial charge in [-0.3, -0.25) is 10.2 Å². The Morgan fingerprint density at radius 3 is 2.91 bits per heavy atom. The highest BCUT2D eigenvalue weighted by Crippen LogP contribution is 2.32. The van der Waals surface area contributed by atoms with E-state index in [0.717, 1.165) is 66.7 Å². The largest absolute Gasteiger partial charge is 0.383 e. The average molecular weight is 453 g/mol. The lowest BCUT2D eigenvalue weighted by Gasteiger charge is -2.19. The van der Waals surface area contributed by atoms with Crippen LogP contribution in [0.3, 0.4) is 0 Å². The molecule has 168 valence electrons. The molecule has 2 atom stereocenters. The number of hydrogen-bond acceptors (Lipinski definition) is 6. The number of fused-ring (bicyclic) bond motifs is 1. The Kier molecular flexibility index (Phi) is 6.20. The fraction of sp³-hybridized carbons (Fsp3) is 0.435. The first-order chi connectivity index (χ1) is 15.7. The van der Waals surface area contributed by atoms with Crippen molar-refractivity contribution in [3.05, 3.63) is 58.2 Å². The molecule has 2 aliphatic rings. The van der Waals surface area contributed by atoms with Gasteiger partial charge in [-0.15, -0.1) is 11.3 Å². The number of likely N-dealkylation sites (tertiary alicyclic amines) is 1. The number of aryl methyl sites for hydroxylation is 1. The predicted octanol–water partition coefficient (Wildman–Crippen LogP) is 3.05. The van der Waals surface area contributed by atoms with E-state index in [1.165, 1.54) is 0 Å². The predicted molar refractivity (Wildman–Crippen MR) is 125 cm³/mol. The van der Waals surface area contributed by atoms with Crippen molar-refractivity contribution < 1.29 is 9.53 Å². The van der Waals surface area contributed by atoms with E-state index in [0.29, 0.717) is 6.61 Å². The number of nitrogens with zero attached hydrogens (tertiary/aromatic N) is 4. The van der Waals surface area contributed by atoms with Gasteiger partial charge < -0.3 is 10.1 Å². The quantitative estimate of drug-likeness (QED) is 0.576. The summed E-state index contributed by atoms with van der Waals surface area (Å²) in [6.45, 7) is 3.15. The van der Waals surface area contributed by atoms with Crippen LogP contribution in [0, 0.1) is 0 Å². The van der Waals surface area contributed by atoms with Gasteiger partial charge >= 0.3 is 6.03 Å². The fourth-order valence-electron chi connectivity index (χ4n) is 4.69. The third-order valence-corrected chi connectivity index (χ3v) is 7.14. The second kappa shape index (κ2) is 9.40. The molecule has 1 saturated heterocycles. The summed E-state index contributed by atoms with van der Waals surface area (Å²) in [5.41, 5.74) is 3.18. The fourth-order valence-corrected chi connectivity index (χ4v) is 5.49. The molecular weight excluding hydrogens is 424 g/mol. The highest BCUT2D eigenvalue weighted by molar-refractivity contribution is 7.09. The third-order valence-electron chi connectivity index (χ3n) is 6.23. The normalized spacial score (nSPS) is 20.4. The van der Waals surface area contributed by atoms with Crippen LogP contribution in [0.1, 0.15) is 28.6 Å². The maximum absolute atomic E-state index is 13.2. The molecular formula is C23H28N6O2S. The Hall–Kier alpha value is -2.75. The molecule has 9 heteroatoms. The molecule has 3 heterocycles. The maximum Gasteiger partial charge on any atom is 0.320 e. The molecule has 3 aromatic rings. The lowest BCUT2D eigenvalue weighted by molar-refractivity contribution is 0.159. The van der Waals surface area contributed by atoms with Gasteiger partial charge in [0.1, 0.15) is 5.82 Å². The SMILES string of the molecule is COCCN1CC(c2nccs2)[C@H](NC(=O)Nc2c3c(nn2-c2ccccc2)CCC3)C1. The summed E-state index contributed by atoms with van der Waals surface area (Å²) in [4.78, 5) is 20.0. The van der Waals surface area contributed by atoms with Crippen molar-refractivity contribution in [3.63, 3.8) is 0 Å². The van der Waals surface area contributed by atoms with Gasteiger partial charge in [-0.1, -0.05) is 18.2 Å². The molecule has 2 aromatic heterocycles.